The normalized spacial score (nSPS) is 16.7. The molecular weight excluding hydrogens is 604 g/mol. The fraction of sp³-hybridized carbons (Fsp3) is 0.333. The van der Waals surface area contributed by atoms with Gasteiger partial charge in [-0.1, -0.05) is 36.4 Å². The largest absolute Gasteiger partial charge is 0.472 e. The SMILES string of the molecule is CC[C@@H]1CN(Cc2cc([C@H](CC(=O)Nc3ncccn3)c3ccc4c(nnn4CC)c3C)ccc2C)S(=O)(=O)c2cccnc2O1. The van der Waals surface area contributed by atoms with Gasteiger partial charge in [0, 0.05) is 44.0 Å². The highest BCUT2D eigenvalue weighted by Gasteiger charge is 2.35. The van der Waals surface area contributed by atoms with Crippen molar-refractivity contribution in [3.63, 3.8) is 0 Å². The molecule has 0 aliphatic carbocycles. The fourth-order valence-electron chi connectivity index (χ4n) is 5.88. The van der Waals surface area contributed by atoms with Crippen LogP contribution in [0.3, 0.4) is 0 Å². The number of nitrogens with one attached hydrogen (secondary N) is 1. The Morgan fingerprint density at radius 3 is 2.59 bits per heavy atom. The van der Waals surface area contributed by atoms with Crippen LogP contribution in [0.5, 0.6) is 5.88 Å². The van der Waals surface area contributed by atoms with Gasteiger partial charge >= 0.3 is 0 Å². The van der Waals surface area contributed by atoms with Crippen molar-refractivity contribution in [3.8, 4) is 5.88 Å². The molecule has 46 heavy (non-hydrogen) atoms. The van der Waals surface area contributed by atoms with Crippen molar-refractivity contribution in [2.45, 2.75) is 70.5 Å². The van der Waals surface area contributed by atoms with Gasteiger partial charge in [0.2, 0.25) is 27.8 Å². The summed E-state index contributed by atoms with van der Waals surface area (Å²) in [5.74, 6) is -0.279. The number of hydrogen-bond donors (Lipinski definition) is 1. The van der Waals surface area contributed by atoms with Crippen LogP contribution in [0.25, 0.3) is 11.0 Å². The molecule has 2 atom stereocenters. The van der Waals surface area contributed by atoms with Gasteiger partial charge in [-0.15, -0.1) is 5.10 Å². The fourth-order valence-corrected chi connectivity index (χ4v) is 7.40. The van der Waals surface area contributed by atoms with E-state index in [-0.39, 0.29) is 54.2 Å². The van der Waals surface area contributed by atoms with Gasteiger partial charge in [-0.25, -0.2) is 28.1 Å². The molecule has 4 heterocycles. The molecule has 0 radical (unpaired) electrons. The summed E-state index contributed by atoms with van der Waals surface area (Å²) in [7, 11) is -3.90. The average Bonchev–Trinajstić information content (AvgIpc) is 3.45. The Labute approximate surface area is 267 Å². The minimum atomic E-state index is -3.90. The maximum Gasteiger partial charge on any atom is 0.248 e. The Morgan fingerprint density at radius 2 is 1.83 bits per heavy atom. The first-order valence-electron chi connectivity index (χ1n) is 15.3. The van der Waals surface area contributed by atoms with Crippen LogP contribution in [0.1, 0.15) is 60.4 Å². The van der Waals surface area contributed by atoms with Crippen LogP contribution in [0.15, 0.2) is 72.0 Å². The number of ether oxygens (including phenoxy) is 1. The van der Waals surface area contributed by atoms with Gasteiger partial charge in [0.25, 0.3) is 0 Å². The molecule has 0 spiro atoms. The Morgan fingerprint density at radius 1 is 1.04 bits per heavy atom. The third-order valence-corrected chi connectivity index (χ3v) is 10.3. The number of rotatable bonds is 9. The number of benzene rings is 2. The van der Waals surface area contributed by atoms with Crippen molar-refractivity contribution in [2.75, 3.05) is 11.9 Å². The molecule has 12 nitrogen and oxygen atoms in total. The van der Waals surface area contributed by atoms with Gasteiger partial charge in [-0.3, -0.25) is 10.1 Å². The minimum Gasteiger partial charge on any atom is -0.472 e. The molecule has 0 saturated heterocycles. The van der Waals surface area contributed by atoms with E-state index < -0.39 is 10.0 Å². The second-order valence-corrected chi connectivity index (χ2v) is 13.3. The van der Waals surface area contributed by atoms with Crippen molar-refractivity contribution >= 4 is 32.9 Å². The molecular formula is C33H36N8O4S. The van der Waals surface area contributed by atoms with Crippen LogP contribution in [0.4, 0.5) is 5.95 Å². The summed E-state index contributed by atoms with van der Waals surface area (Å²) in [6, 6.07) is 14.8. The van der Waals surface area contributed by atoms with Gasteiger partial charge in [0.15, 0.2) is 0 Å². The molecule has 1 aliphatic rings. The molecule has 3 aromatic heterocycles. The first kappa shape index (κ1) is 31.2. The minimum absolute atomic E-state index is 0.0569. The van der Waals surface area contributed by atoms with E-state index >= 15 is 0 Å². The standard InChI is InChI=1S/C33H36N8O4S/c1-5-25-20-40(46(43,44)29-9-7-14-34-32(29)45-25)19-24-17-23(11-10-21(24)3)27(18-30(42)37-33-35-15-8-16-36-33)26-12-13-28-31(22(26)4)38-39-41(28)6-2/h7-17,25,27H,5-6,18-20H2,1-4H3,(H,35,36,37,42)/t25-,27+/m1/s1. The number of aryl methyl sites for hydroxylation is 3. The molecule has 238 valence electrons. The lowest BCUT2D eigenvalue weighted by Gasteiger charge is -2.25. The predicted octanol–water partition coefficient (Wildman–Crippen LogP) is 4.78. The second-order valence-electron chi connectivity index (χ2n) is 11.4. The summed E-state index contributed by atoms with van der Waals surface area (Å²) in [6.45, 7) is 8.93. The van der Waals surface area contributed by atoms with E-state index in [9.17, 15) is 13.2 Å². The number of fused-ring (bicyclic) bond motifs is 2. The van der Waals surface area contributed by atoms with Crippen molar-refractivity contribution < 1.29 is 17.9 Å². The molecule has 0 fully saturated rings. The first-order chi connectivity index (χ1) is 22.2. The Bertz CT molecular complexity index is 2000. The zero-order chi connectivity index (χ0) is 32.4. The second kappa shape index (κ2) is 12.9. The van der Waals surface area contributed by atoms with E-state index in [1.807, 2.05) is 62.7 Å². The van der Waals surface area contributed by atoms with E-state index in [0.717, 1.165) is 38.9 Å². The van der Waals surface area contributed by atoms with Gasteiger partial charge in [0.05, 0.1) is 12.1 Å². The van der Waals surface area contributed by atoms with Gasteiger partial charge in [0.1, 0.15) is 16.5 Å². The summed E-state index contributed by atoms with van der Waals surface area (Å²) in [6.07, 6.45) is 5.04. The topological polar surface area (TPSA) is 145 Å². The highest BCUT2D eigenvalue weighted by molar-refractivity contribution is 7.89. The first-order valence-corrected chi connectivity index (χ1v) is 16.7. The molecule has 1 N–H and O–H groups in total. The summed E-state index contributed by atoms with van der Waals surface area (Å²) < 4.78 is 37.1. The number of nitrogens with zero attached hydrogens (tertiary/aromatic N) is 7. The van der Waals surface area contributed by atoms with Crippen LogP contribution < -0.4 is 10.1 Å². The van der Waals surface area contributed by atoms with Gasteiger partial charge < -0.3 is 4.74 Å². The quantitative estimate of drug-likeness (QED) is 0.241. The van der Waals surface area contributed by atoms with Gasteiger partial charge in [-0.05, 0) is 79.3 Å². The Hall–Kier alpha value is -4.75. The average molecular weight is 641 g/mol. The van der Waals surface area contributed by atoms with Crippen LogP contribution in [0, 0.1) is 13.8 Å². The molecule has 1 aliphatic heterocycles. The van der Waals surface area contributed by atoms with E-state index in [1.165, 1.54) is 16.6 Å². The van der Waals surface area contributed by atoms with Crippen LogP contribution >= 0.6 is 0 Å². The zero-order valence-electron chi connectivity index (χ0n) is 26.2. The monoisotopic (exact) mass is 640 g/mol. The predicted molar refractivity (Wildman–Crippen MR) is 173 cm³/mol. The number of carbonyl (C=O) groups excluding carboxylic acids is 1. The smallest absolute Gasteiger partial charge is 0.248 e. The summed E-state index contributed by atoms with van der Waals surface area (Å²) in [5, 5.41) is 11.6. The zero-order valence-corrected chi connectivity index (χ0v) is 27.0. The maximum absolute atomic E-state index is 13.9. The van der Waals surface area contributed by atoms with E-state index in [4.69, 9.17) is 4.74 Å². The van der Waals surface area contributed by atoms with Crippen LogP contribution in [0.2, 0.25) is 0 Å². The third kappa shape index (κ3) is 6.07. The molecule has 2 aromatic carbocycles. The lowest BCUT2D eigenvalue weighted by atomic mass is 9.84. The Balaban J connectivity index is 1.40. The third-order valence-electron chi connectivity index (χ3n) is 8.48. The number of pyridine rings is 1. The molecule has 1 amide bonds. The summed E-state index contributed by atoms with van der Waals surface area (Å²) in [4.78, 5) is 26.0. The van der Waals surface area contributed by atoms with Crippen molar-refractivity contribution in [2.24, 2.45) is 0 Å². The maximum atomic E-state index is 13.9. The molecule has 0 unspecified atom stereocenters. The van der Waals surface area contributed by atoms with E-state index in [0.29, 0.717) is 13.0 Å². The molecule has 13 heteroatoms. The van der Waals surface area contributed by atoms with Crippen molar-refractivity contribution in [3.05, 3.63) is 94.9 Å². The highest BCUT2D eigenvalue weighted by Crippen LogP contribution is 2.36. The van der Waals surface area contributed by atoms with E-state index in [1.54, 1.807) is 24.5 Å². The molecule has 6 rings (SSSR count). The molecule has 5 aromatic rings. The van der Waals surface area contributed by atoms with Crippen molar-refractivity contribution in [1.29, 1.82) is 0 Å². The molecule has 0 bridgehead atoms. The van der Waals surface area contributed by atoms with Crippen molar-refractivity contribution in [1.82, 2.24) is 34.3 Å². The van der Waals surface area contributed by atoms with Crippen LogP contribution in [-0.4, -0.2) is 61.2 Å². The number of sulfonamides is 1. The van der Waals surface area contributed by atoms with Crippen LogP contribution in [-0.2, 0) is 27.9 Å². The number of amides is 1. The Kier molecular flexibility index (Phi) is 8.78. The van der Waals surface area contributed by atoms with E-state index in [2.05, 4.69) is 30.6 Å². The van der Waals surface area contributed by atoms with Gasteiger partial charge in [-0.2, -0.15) is 4.31 Å². The molecule has 0 saturated carbocycles. The summed E-state index contributed by atoms with van der Waals surface area (Å²) in [5.41, 5.74) is 6.18. The number of anilines is 1. The number of aromatic nitrogens is 6. The number of carbonyl (C=O) groups is 1. The number of hydrogen-bond acceptors (Lipinski definition) is 9. The summed E-state index contributed by atoms with van der Waals surface area (Å²) >= 11 is 0. The highest BCUT2D eigenvalue weighted by atomic mass is 32.2. The lowest BCUT2D eigenvalue weighted by Crippen LogP contribution is -2.36. The lowest BCUT2D eigenvalue weighted by molar-refractivity contribution is -0.116.